The molecule has 0 aliphatic heterocycles. The SMILES string of the molecule is C[SiH2]CCOC(=O)C(C)(C)c1ccc(CCC(=O)Oc2c(C)ccn(Cc3ccc(O)cc3)c2=O)cc1. The fourth-order valence-corrected chi connectivity index (χ4v) is 4.23. The van der Waals surface area contributed by atoms with E-state index < -0.39 is 11.4 Å². The van der Waals surface area contributed by atoms with Gasteiger partial charge in [-0.1, -0.05) is 42.9 Å². The van der Waals surface area contributed by atoms with E-state index >= 15 is 0 Å². The van der Waals surface area contributed by atoms with Gasteiger partial charge in [0.1, 0.15) is 5.75 Å². The summed E-state index contributed by atoms with van der Waals surface area (Å²) in [6, 6.07) is 16.9. The lowest BCUT2D eigenvalue weighted by molar-refractivity contribution is -0.148. The monoisotopic (exact) mass is 521 g/mol. The standard InChI is InChI=1S/C29H35NO6Si/c1-20-15-16-30(19-22-7-12-24(31)13-8-22)27(33)26(20)36-25(32)14-9-21-5-10-23(11-6-21)29(2,3)28(34)35-17-18-37-4/h5-8,10-13,15-16,31H,9,14,17-19,37H2,1-4H3. The molecule has 0 fully saturated rings. The molecule has 0 aliphatic carbocycles. The highest BCUT2D eigenvalue weighted by Crippen LogP contribution is 2.25. The van der Waals surface area contributed by atoms with Crippen LogP contribution in [-0.4, -0.2) is 37.7 Å². The molecule has 8 heteroatoms. The molecule has 0 saturated carbocycles. The third-order valence-electron chi connectivity index (χ3n) is 6.36. The third kappa shape index (κ3) is 7.42. The van der Waals surface area contributed by atoms with E-state index in [-0.39, 0.29) is 39.0 Å². The van der Waals surface area contributed by atoms with Crippen LogP contribution in [0.2, 0.25) is 12.6 Å². The van der Waals surface area contributed by atoms with Gasteiger partial charge in [-0.25, -0.2) is 0 Å². The average Bonchev–Trinajstić information content (AvgIpc) is 2.88. The number of nitrogens with zero attached hydrogens (tertiary/aromatic N) is 1. The number of benzene rings is 2. The fraction of sp³-hybridized carbons (Fsp3) is 0.345. The molecule has 7 nitrogen and oxygen atoms in total. The van der Waals surface area contributed by atoms with Crippen LogP contribution in [0.3, 0.4) is 0 Å². The molecular formula is C29H35NO6Si. The number of phenols is 1. The Balaban J connectivity index is 1.60. The lowest BCUT2D eigenvalue weighted by atomic mass is 9.84. The molecule has 0 spiro atoms. The molecule has 1 aromatic heterocycles. The first-order valence-corrected chi connectivity index (χ1v) is 15.0. The highest BCUT2D eigenvalue weighted by atomic mass is 28.2. The minimum Gasteiger partial charge on any atom is -0.508 e. The molecule has 0 saturated heterocycles. The van der Waals surface area contributed by atoms with Crippen molar-refractivity contribution in [1.82, 2.24) is 4.57 Å². The first-order valence-electron chi connectivity index (χ1n) is 12.6. The number of pyridine rings is 1. The maximum Gasteiger partial charge on any atom is 0.315 e. The molecular weight excluding hydrogens is 486 g/mol. The normalized spacial score (nSPS) is 11.6. The van der Waals surface area contributed by atoms with Crippen molar-refractivity contribution in [3.05, 3.63) is 93.4 Å². The van der Waals surface area contributed by atoms with Crippen LogP contribution in [0.15, 0.2) is 65.6 Å². The minimum atomic E-state index is -0.752. The lowest BCUT2D eigenvalue weighted by Crippen LogP contribution is -2.31. The van der Waals surface area contributed by atoms with Crippen LogP contribution in [0.5, 0.6) is 11.5 Å². The van der Waals surface area contributed by atoms with E-state index in [1.54, 1.807) is 43.5 Å². The molecule has 1 heterocycles. The summed E-state index contributed by atoms with van der Waals surface area (Å²) in [4.78, 5) is 38.0. The Morgan fingerprint density at radius 2 is 1.65 bits per heavy atom. The van der Waals surface area contributed by atoms with Crippen molar-refractivity contribution in [2.45, 2.75) is 58.2 Å². The summed E-state index contributed by atoms with van der Waals surface area (Å²) < 4.78 is 12.4. The van der Waals surface area contributed by atoms with Gasteiger partial charge in [0, 0.05) is 22.1 Å². The van der Waals surface area contributed by atoms with Crippen LogP contribution in [-0.2, 0) is 32.7 Å². The number of phenolic OH excluding ortho intramolecular Hbond substituents is 1. The van der Waals surface area contributed by atoms with Crippen molar-refractivity contribution in [3.63, 3.8) is 0 Å². The van der Waals surface area contributed by atoms with Crippen LogP contribution < -0.4 is 10.3 Å². The van der Waals surface area contributed by atoms with E-state index in [2.05, 4.69) is 6.55 Å². The Hall–Kier alpha value is -3.65. The number of aromatic hydroxyl groups is 1. The Morgan fingerprint density at radius 3 is 2.30 bits per heavy atom. The number of esters is 2. The van der Waals surface area contributed by atoms with E-state index in [9.17, 15) is 19.5 Å². The Kier molecular flexibility index (Phi) is 9.46. The minimum absolute atomic E-state index is 0.0210. The summed E-state index contributed by atoms with van der Waals surface area (Å²) in [6.45, 7) is 8.38. The second-order valence-corrected chi connectivity index (χ2v) is 11.4. The summed E-state index contributed by atoms with van der Waals surface area (Å²) in [5.41, 5.74) is 2.06. The summed E-state index contributed by atoms with van der Waals surface area (Å²) in [5.74, 6) is -0.553. The number of hydrogen-bond acceptors (Lipinski definition) is 6. The molecule has 0 atom stereocenters. The predicted octanol–water partition coefficient (Wildman–Crippen LogP) is 3.90. The number of ether oxygens (including phenoxy) is 2. The largest absolute Gasteiger partial charge is 0.508 e. The van der Waals surface area contributed by atoms with Crippen molar-refractivity contribution in [1.29, 1.82) is 0 Å². The lowest BCUT2D eigenvalue weighted by Gasteiger charge is -2.23. The Labute approximate surface area is 219 Å². The second kappa shape index (κ2) is 12.5. The summed E-state index contributed by atoms with van der Waals surface area (Å²) in [7, 11) is -0.135. The first kappa shape index (κ1) is 27.9. The maximum absolute atomic E-state index is 12.9. The van der Waals surface area contributed by atoms with Gasteiger partial charge in [-0.2, -0.15) is 0 Å². The van der Waals surface area contributed by atoms with Crippen LogP contribution in [0.25, 0.3) is 0 Å². The van der Waals surface area contributed by atoms with E-state index in [1.807, 2.05) is 38.1 Å². The number of aromatic nitrogens is 1. The molecule has 2 aromatic carbocycles. The summed E-state index contributed by atoms with van der Waals surface area (Å²) >= 11 is 0. The van der Waals surface area contributed by atoms with Gasteiger partial charge < -0.3 is 19.1 Å². The van der Waals surface area contributed by atoms with Crippen molar-refractivity contribution < 1.29 is 24.2 Å². The molecule has 0 radical (unpaired) electrons. The maximum atomic E-state index is 12.9. The van der Waals surface area contributed by atoms with E-state index in [1.165, 1.54) is 4.57 Å². The van der Waals surface area contributed by atoms with Gasteiger partial charge >= 0.3 is 11.9 Å². The molecule has 0 amide bonds. The Morgan fingerprint density at radius 1 is 1.00 bits per heavy atom. The molecule has 3 rings (SSSR count). The van der Waals surface area contributed by atoms with Crippen LogP contribution in [0.1, 0.15) is 42.5 Å². The van der Waals surface area contributed by atoms with E-state index in [0.717, 1.165) is 22.7 Å². The highest BCUT2D eigenvalue weighted by Gasteiger charge is 2.31. The molecule has 3 aromatic rings. The molecule has 196 valence electrons. The van der Waals surface area contributed by atoms with E-state index in [4.69, 9.17) is 9.47 Å². The van der Waals surface area contributed by atoms with Crippen LogP contribution in [0.4, 0.5) is 0 Å². The fourth-order valence-electron chi connectivity index (χ4n) is 3.80. The van der Waals surface area contributed by atoms with Crippen molar-refractivity contribution in [2.75, 3.05) is 6.61 Å². The van der Waals surface area contributed by atoms with Crippen LogP contribution >= 0.6 is 0 Å². The van der Waals surface area contributed by atoms with Gasteiger partial charge in [0.2, 0.25) is 0 Å². The smallest absolute Gasteiger partial charge is 0.315 e. The molecule has 0 unspecified atom stereocenters. The summed E-state index contributed by atoms with van der Waals surface area (Å²) in [6.07, 6.45) is 2.21. The number of aryl methyl sites for hydroxylation is 2. The topological polar surface area (TPSA) is 94.8 Å². The first-order chi connectivity index (χ1) is 17.6. The Bertz CT molecular complexity index is 1280. The second-order valence-electron chi connectivity index (χ2n) is 9.71. The highest BCUT2D eigenvalue weighted by molar-refractivity contribution is 6.33. The van der Waals surface area contributed by atoms with Gasteiger partial charge in [-0.3, -0.25) is 14.4 Å². The van der Waals surface area contributed by atoms with Crippen LogP contribution in [0, 0.1) is 6.92 Å². The summed E-state index contributed by atoms with van der Waals surface area (Å²) in [5, 5.41) is 9.45. The average molecular weight is 522 g/mol. The zero-order valence-electron chi connectivity index (χ0n) is 22.0. The third-order valence-corrected chi connectivity index (χ3v) is 7.35. The van der Waals surface area contributed by atoms with E-state index in [0.29, 0.717) is 25.1 Å². The quantitative estimate of drug-likeness (QED) is 0.234. The molecule has 1 N–H and O–H groups in total. The predicted molar refractivity (Wildman–Crippen MR) is 146 cm³/mol. The number of rotatable bonds is 11. The molecule has 37 heavy (non-hydrogen) atoms. The van der Waals surface area contributed by atoms with Gasteiger partial charge in [-0.15, -0.1) is 0 Å². The van der Waals surface area contributed by atoms with Crippen molar-refractivity contribution in [3.8, 4) is 11.5 Å². The molecule has 0 aliphatic rings. The zero-order chi connectivity index (χ0) is 27.0. The number of hydrogen-bond donors (Lipinski definition) is 1. The van der Waals surface area contributed by atoms with Gasteiger partial charge in [-0.05, 0) is 73.7 Å². The number of carbonyl (C=O) groups excluding carboxylic acids is 2. The zero-order valence-corrected chi connectivity index (χ0v) is 23.4. The van der Waals surface area contributed by atoms with Gasteiger partial charge in [0.15, 0.2) is 5.75 Å². The number of carbonyl (C=O) groups is 2. The van der Waals surface area contributed by atoms with Crippen molar-refractivity contribution in [2.24, 2.45) is 0 Å². The van der Waals surface area contributed by atoms with Crippen molar-refractivity contribution >= 4 is 21.5 Å². The van der Waals surface area contributed by atoms with Gasteiger partial charge in [0.25, 0.3) is 5.56 Å². The van der Waals surface area contributed by atoms with Gasteiger partial charge in [0.05, 0.1) is 18.6 Å². The molecule has 0 bridgehead atoms.